The second-order valence-electron chi connectivity index (χ2n) is 6.69. The zero-order chi connectivity index (χ0) is 24.2. The Morgan fingerprint density at radius 3 is 1.85 bits per heavy atom. The van der Waals surface area contributed by atoms with Crippen LogP contribution in [0.25, 0.3) is 0 Å². The van der Waals surface area contributed by atoms with Crippen LogP contribution in [0, 0.1) is 0 Å². The van der Waals surface area contributed by atoms with E-state index in [1.54, 1.807) is 12.1 Å². The number of alkyl halides is 6. The first kappa shape index (κ1) is 23.8. The molecule has 2 aromatic carbocycles. The fraction of sp³-hybridized carbons (Fsp3) is 0.136. The Hall–Kier alpha value is -3.89. The zero-order valence-electron chi connectivity index (χ0n) is 16.4. The van der Waals surface area contributed by atoms with Gasteiger partial charge in [-0.05, 0) is 60.7 Å². The number of ether oxygens (including phenoxy) is 1. The smallest absolute Gasteiger partial charge is 0.430 e. The van der Waals surface area contributed by atoms with Crippen molar-refractivity contribution in [2.75, 3.05) is 5.32 Å². The van der Waals surface area contributed by atoms with Crippen molar-refractivity contribution < 1.29 is 40.7 Å². The van der Waals surface area contributed by atoms with E-state index in [-0.39, 0.29) is 11.3 Å². The summed E-state index contributed by atoms with van der Waals surface area (Å²) in [5.74, 6) is -1.67. The standard InChI is InChI=1S/C22H14F6N2O3/c23-20(21(24,25)26)22(27,28)33-17-7-3-15(4-8-17)19(32)30-16-5-1-13(2-6-16)18(31)14-9-11-29-12-10-14/h1-12,20H,(H,30,32)/t20-/m1/s1. The summed E-state index contributed by atoms with van der Waals surface area (Å²) < 4.78 is 79.9. The number of ketones is 1. The Morgan fingerprint density at radius 2 is 1.30 bits per heavy atom. The van der Waals surface area contributed by atoms with Crippen molar-refractivity contribution >= 4 is 17.4 Å². The van der Waals surface area contributed by atoms with Crippen LogP contribution in [-0.2, 0) is 0 Å². The summed E-state index contributed by atoms with van der Waals surface area (Å²) in [5.41, 5.74) is 1.09. The summed E-state index contributed by atoms with van der Waals surface area (Å²) in [6, 6.07) is 12.7. The van der Waals surface area contributed by atoms with Gasteiger partial charge in [-0.2, -0.15) is 22.0 Å². The van der Waals surface area contributed by atoms with Gasteiger partial charge in [-0.15, -0.1) is 0 Å². The van der Waals surface area contributed by atoms with Gasteiger partial charge >= 0.3 is 12.3 Å². The largest absolute Gasteiger partial charge is 0.439 e. The Balaban J connectivity index is 1.63. The molecule has 0 aliphatic rings. The summed E-state index contributed by atoms with van der Waals surface area (Å²) in [4.78, 5) is 28.5. The molecule has 1 atom stereocenters. The maximum absolute atomic E-state index is 13.3. The summed E-state index contributed by atoms with van der Waals surface area (Å²) >= 11 is 0. The lowest BCUT2D eigenvalue weighted by molar-refractivity contribution is -0.304. The molecule has 0 saturated heterocycles. The Labute approximate surface area is 183 Å². The topological polar surface area (TPSA) is 68.3 Å². The minimum atomic E-state index is -5.80. The molecule has 1 aromatic heterocycles. The maximum Gasteiger partial charge on any atom is 0.439 e. The van der Waals surface area contributed by atoms with Gasteiger partial charge in [0.1, 0.15) is 5.75 Å². The normalized spacial score (nSPS) is 12.7. The van der Waals surface area contributed by atoms with E-state index in [1.165, 1.54) is 36.7 Å². The Kier molecular flexibility index (Phi) is 6.70. The number of benzene rings is 2. The van der Waals surface area contributed by atoms with E-state index >= 15 is 0 Å². The third-order valence-corrected chi connectivity index (χ3v) is 4.30. The lowest BCUT2D eigenvalue weighted by atomic mass is 10.0. The van der Waals surface area contributed by atoms with Crippen LogP contribution in [-0.4, -0.2) is 35.1 Å². The van der Waals surface area contributed by atoms with Crippen molar-refractivity contribution in [3.63, 3.8) is 0 Å². The average molecular weight is 468 g/mol. The molecule has 0 fully saturated rings. The van der Waals surface area contributed by atoms with E-state index in [4.69, 9.17) is 0 Å². The Bertz CT molecular complexity index is 1120. The number of hydrogen-bond donors (Lipinski definition) is 1. The highest BCUT2D eigenvalue weighted by Crippen LogP contribution is 2.36. The fourth-order valence-corrected chi connectivity index (χ4v) is 2.65. The fourth-order valence-electron chi connectivity index (χ4n) is 2.65. The van der Waals surface area contributed by atoms with Gasteiger partial charge < -0.3 is 10.1 Å². The van der Waals surface area contributed by atoms with Crippen LogP contribution in [0.2, 0.25) is 0 Å². The third kappa shape index (κ3) is 5.88. The Morgan fingerprint density at radius 1 is 0.788 bits per heavy atom. The lowest BCUT2D eigenvalue weighted by Gasteiger charge is -2.23. The predicted octanol–water partition coefficient (Wildman–Crippen LogP) is 5.44. The summed E-state index contributed by atoms with van der Waals surface area (Å²) in [5, 5.41) is 2.51. The molecular formula is C22H14F6N2O3. The molecule has 1 amide bonds. The number of carbonyl (C=O) groups excluding carboxylic acids is 2. The molecule has 172 valence electrons. The molecule has 0 aliphatic carbocycles. The van der Waals surface area contributed by atoms with E-state index in [1.807, 2.05) is 0 Å². The SMILES string of the molecule is O=C(Nc1ccc(C(=O)c2ccncc2)cc1)c1ccc(OC(F)(F)[C@H](F)C(F)(F)F)cc1. The minimum Gasteiger partial charge on any atom is -0.430 e. The van der Waals surface area contributed by atoms with Crippen molar-refractivity contribution in [1.29, 1.82) is 0 Å². The first-order valence-corrected chi connectivity index (χ1v) is 9.21. The maximum atomic E-state index is 13.3. The van der Waals surface area contributed by atoms with Crippen LogP contribution < -0.4 is 10.1 Å². The van der Waals surface area contributed by atoms with Crippen molar-refractivity contribution in [2.45, 2.75) is 18.5 Å². The molecule has 1 heterocycles. The summed E-state index contributed by atoms with van der Waals surface area (Å²) in [6.45, 7) is 0. The number of aromatic nitrogens is 1. The number of rotatable bonds is 7. The number of nitrogens with zero attached hydrogens (tertiary/aromatic N) is 1. The molecule has 0 radical (unpaired) electrons. The molecule has 3 aromatic rings. The van der Waals surface area contributed by atoms with E-state index in [9.17, 15) is 35.9 Å². The van der Waals surface area contributed by atoms with Gasteiger partial charge in [0.25, 0.3) is 12.1 Å². The van der Waals surface area contributed by atoms with Gasteiger partial charge in [0.2, 0.25) is 0 Å². The van der Waals surface area contributed by atoms with Crippen LogP contribution in [0.15, 0.2) is 73.1 Å². The monoisotopic (exact) mass is 468 g/mol. The van der Waals surface area contributed by atoms with Gasteiger partial charge in [0.15, 0.2) is 5.78 Å². The van der Waals surface area contributed by atoms with Gasteiger partial charge in [-0.1, -0.05) is 0 Å². The number of nitrogens with one attached hydrogen (secondary N) is 1. The molecule has 0 saturated carbocycles. The number of amides is 1. The highest BCUT2D eigenvalue weighted by atomic mass is 19.4. The second kappa shape index (κ2) is 9.31. The number of hydrogen-bond acceptors (Lipinski definition) is 4. The molecular weight excluding hydrogens is 454 g/mol. The van der Waals surface area contributed by atoms with E-state index in [2.05, 4.69) is 15.0 Å². The molecule has 11 heteroatoms. The third-order valence-electron chi connectivity index (χ3n) is 4.30. The average Bonchev–Trinajstić information content (AvgIpc) is 2.79. The van der Waals surface area contributed by atoms with Crippen LogP contribution in [0.3, 0.4) is 0 Å². The molecule has 1 N–H and O–H groups in total. The molecule has 5 nitrogen and oxygen atoms in total. The highest BCUT2D eigenvalue weighted by molar-refractivity contribution is 6.09. The number of carbonyl (C=O) groups is 2. The predicted molar refractivity (Wildman–Crippen MR) is 105 cm³/mol. The van der Waals surface area contributed by atoms with Crippen molar-refractivity contribution in [3.05, 3.63) is 89.7 Å². The zero-order valence-corrected chi connectivity index (χ0v) is 16.4. The number of pyridine rings is 1. The van der Waals surface area contributed by atoms with Gasteiger partial charge in [-0.25, -0.2) is 4.39 Å². The molecule has 0 spiro atoms. The second-order valence-corrected chi connectivity index (χ2v) is 6.69. The van der Waals surface area contributed by atoms with Gasteiger partial charge in [-0.3, -0.25) is 14.6 Å². The molecule has 0 unspecified atom stereocenters. The first-order chi connectivity index (χ1) is 15.5. The van der Waals surface area contributed by atoms with Crippen LogP contribution >= 0.6 is 0 Å². The van der Waals surface area contributed by atoms with Crippen LogP contribution in [0.4, 0.5) is 32.0 Å². The molecule has 0 bridgehead atoms. The van der Waals surface area contributed by atoms with Crippen molar-refractivity contribution in [3.8, 4) is 5.75 Å². The lowest BCUT2D eigenvalue weighted by Crippen LogP contribution is -2.45. The van der Waals surface area contributed by atoms with Crippen LogP contribution in [0.5, 0.6) is 5.75 Å². The van der Waals surface area contributed by atoms with E-state index < -0.39 is 30.1 Å². The molecule has 0 aliphatic heterocycles. The number of halogens is 6. The molecule has 3 rings (SSSR count). The summed E-state index contributed by atoms with van der Waals surface area (Å²) in [7, 11) is 0. The van der Waals surface area contributed by atoms with Crippen molar-refractivity contribution in [2.24, 2.45) is 0 Å². The number of anilines is 1. The quantitative estimate of drug-likeness (QED) is 0.371. The van der Waals surface area contributed by atoms with E-state index in [0.29, 0.717) is 16.8 Å². The molecule has 33 heavy (non-hydrogen) atoms. The van der Waals surface area contributed by atoms with Crippen molar-refractivity contribution in [1.82, 2.24) is 4.98 Å². The summed E-state index contributed by atoms with van der Waals surface area (Å²) in [6.07, 6.45) is -12.5. The minimum absolute atomic E-state index is 0.0322. The van der Waals surface area contributed by atoms with Gasteiger partial charge in [0, 0.05) is 34.8 Å². The van der Waals surface area contributed by atoms with Crippen LogP contribution in [0.1, 0.15) is 26.3 Å². The first-order valence-electron chi connectivity index (χ1n) is 9.21. The van der Waals surface area contributed by atoms with Gasteiger partial charge in [0.05, 0.1) is 0 Å². The van der Waals surface area contributed by atoms with E-state index in [0.717, 1.165) is 24.3 Å². The highest BCUT2D eigenvalue weighted by Gasteiger charge is 2.59.